The topological polar surface area (TPSA) is 30.8 Å². The largest absolute Gasteiger partial charge is 0.497 e. The zero-order chi connectivity index (χ0) is 15.0. The van der Waals surface area contributed by atoms with Crippen molar-refractivity contribution < 1.29 is 9.47 Å². The lowest BCUT2D eigenvalue weighted by Gasteiger charge is -2.12. The van der Waals surface area contributed by atoms with Crippen molar-refractivity contribution in [2.45, 2.75) is 32.2 Å². The fourth-order valence-electron chi connectivity index (χ4n) is 2.62. The van der Waals surface area contributed by atoms with Crippen molar-refractivity contribution in [2.24, 2.45) is 4.99 Å². The Bertz CT molecular complexity index is 703. The van der Waals surface area contributed by atoms with Gasteiger partial charge in [0.1, 0.15) is 12.4 Å². The van der Waals surface area contributed by atoms with Gasteiger partial charge in [-0.3, -0.25) is 0 Å². The zero-order valence-electron chi connectivity index (χ0n) is 13.0. The van der Waals surface area contributed by atoms with E-state index in [1.54, 1.807) is 7.11 Å². The van der Waals surface area contributed by atoms with Crippen LogP contribution in [-0.2, 0) is 4.74 Å². The summed E-state index contributed by atoms with van der Waals surface area (Å²) < 4.78 is 11.0. The maximum absolute atomic E-state index is 5.76. The maximum atomic E-state index is 5.76. The molecule has 0 radical (unpaired) electrons. The average molecular weight is 283 g/mol. The maximum Gasteiger partial charge on any atom is 0.191 e. The zero-order valence-corrected chi connectivity index (χ0v) is 13.0. The number of aliphatic imine (C=N–C) groups is 1. The van der Waals surface area contributed by atoms with Crippen LogP contribution in [0.4, 0.5) is 0 Å². The Morgan fingerprint density at radius 3 is 2.52 bits per heavy atom. The minimum atomic E-state index is -0.103. The number of ether oxygens (including phenoxy) is 2. The van der Waals surface area contributed by atoms with Crippen molar-refractivity contribution in [2.75, 3.05) is 13.7 Å². The first kappa shape index (κ1) is 13.9. The highest BCUT2D eigenvalue weighted by molar-refractivity contribution is 5.89. The molecule has 2 aromatic rings. The van der Waals surface area contributed by atoms with E-state index in [1.165, 1.54) is 16.3 Å². The summed E-state index contributed by atoms with van der Waals surface area (Å²) in [7, 11) is 1.69. The first-order chi connectivity index (χ1) is 9.98. The molecule has 21 heavy (non-hydrogen) atoms. The summed E-state index contributed by atoms with van der Waals surface area (Å²) in [6.07, 6.45) is 0. The molecule has 1 atom stereocenters. The summed E-state index contributed by atoms with van der Waals surface area (Å²) in [6.45, 7) is 7.00. The van der Waals surface area contributed by atoms with Crippen LogP contribution in [0.3, 0.4) is 0 Å². The summed E-state index contributed by atoms with van der Waals surface area (Å²) >= 11 is 0. The molecule has 1 aliphatic rings. The number of benzene rings is 2. The van der Waals surface area contributed by atoms with E-state index in [4.69, 9.17) is 9.47 Å². The van der Waals surface area contributed by atoms with Crippen molar-refractivity contribution in [3.63, 3.8) is 0 Å². The van der Waals surface area contributed by atoms with Gasteiger partial charge in [0.25, 0.3) is 0 Å². The predicted molar refractivity (Wildman–Crippen MR) is 86.4 cm³/mol. The van der Waals surface area contributed by atoms with Crippen LogP contribution in [0, 0.1) is 0 Å². The average Bonchev–Trinajstić information content (AvgIpc) is 2.85. The third-order valence-corrected chi connectivity index (χ3v) is 3.93. The summed E-state index contributed by atoms with van der Waals surface area (Å²) in [5.74, 6) is 1.90. The van der Waals surface area contributed by atoms with Crippen molar-refractivity contribution in [3.8, 4) is 5.75 Å². The van der Waals surface area contributed by atoms with Crippen LogP contribution < -0.4 is 4.74 Å². The quantitative estimate of drug-likeness (QED) is 0.847. The molecular formula is C18H21NO2. The molecule has 1 unspecified atom stereocenters. The SMILES string of the molecule is COc1ccc2cc(C(C)C3=NC(C)(C)CO3)ccc2c1. The Hall–Kier alpha value is -2.03. The molecular weight excluding hydrogens is 262 g/mol. The van der Waals surface area contributed by atoms with Crippen LogP contribution in [-0.4, -0.2) is 25.2 Å². The van der Waals surface area contributed by atoms with Crippen LogP contribution in [0.2, 0.25) is 0 Å². The Kier molecular flexibility index (Phi) is 3.36. The minimum Gasteiger partial charge on any atom is -0.497 e. The van der Waals surface area contributed by atoms with Gasteiger partial charge in [0.15, 0.2) is 5.90 Å². The molecule has 0 fully saturated rings. The van der Waals surface area contributed by atoms with Crippen molar-refractivity contribution in [1.82, 2.24) is 0 Å². The van der Waals surface area contributed by atoms with Gasteiger partial charge in [0, 0.05) is 0 Å². The second-order valence-corrected chi connectivity index (χ2v) is 6.25. The third-order valence-electron chi connectivity index (χ3n) is 3.93. The molecule has 0 N–H and O–H groups in total. The molecule has 0 aliphatic carbocycles. The molecule has 0 amide bonds. The molecule has 3 rings (SSSR count). The van der Waals surface area contributed by atoms with Gasteiger partial charge in [-0.1, -0.05) is 24.3 Å². The first-order valence-corrected chi connectivity index (χ1v) is 7.29. The van der Waals surface area contributed by atoms with Crippen LogP contribution in [0.5, 0.6) is 5.75 Å². The van der Waals surface area contributed by atoms with Crippen LogP contribution in [0.15, 0.2) is 41.4 Å². The van der Waals surface area contributed by atoms with Gasteiger partial charge in [-0.25, -0.2) is 4.99 Å². The summed E-state index contributed by atoms with van der Waals surface area (Å²) in [5.41, 5.74) is 1.12. The lowest BCUT2D eigenvalue weighted by atomic mass is 9.97. The molecule has 0 saturated carbocycles. The smallest absolute Gasteiger partial charge is 0.191 e. The number of fused-ring (bicyclic) bond motifs is 1. The molecule has 2 aromatic carbocycles. The van der Waals surface area contributed by atoms with Gasteiger partial charge < -0.3 is 9.47 Å². The van der Waals surface area contributed by atoms with E-state index in [2.05, 4.69) is 56.1 Å². The monoisotopic (exact) mass is 283 g/mol. The van der Waals surface area contributed by atoms with Gasteiger partial charge in [-0.15, -0.1) is 0 Å². The van der Waals surface area contributed by atoms with Gasteiger partial charge in [0.2, 0.25) is 0 Å². The highest BCUT2D eigenvalue weighted by Gasteiger charge is 2.29. The third kappa shape index (κ3) is 2.73. The molecule has 0 saturated heterocycles. The standard InChI is InChI=1S/C18H21NO2/c1-12(17-19-18(2,3)11-21-17)13-5-6-15-10-16(20-4)8-7-14(15)9-13/h5-10,12H,11H2,1-4H3. The molecule has 0 aromatic heterocycles. The van der Waals surface area contributed by atoms with E-state index in [9.17, 15) is 0 Å². The number of methoxy groups -OCH3 is 1. The minimum absolute atomic E-state index is 0.103. The Balaban J connectivity index is 1.94. The Morgan fingerprint density at radius 1 is 1.14 bits per heavy atom. The molecule has 1 heterocycles. The highest BCUT2D eigenvalue weighted by Crippen LogP contribution is 2.29. The number of rotatable bonds is 3. The first-order valence-electron chi connectivity index (χ1n) is 7.29. The van der Waals surface area contributed by atoms with E-state index >= 15 is 0 Å². The van der Waals surface area contributed by atoms with Gasteiger partial charge in [-0.05, 0) is 49.2 Å². The fourth-order valence-corrected chi connectivity index (χ4v) is 2.62. The van der Waals surface area contributed by atoms with E-state index in [0.29, 0.717) is 6.61 Å². The molecule has 3 heteroatoms. The molecule has 0 spiro atoms. The van der Waals surface area contributed by atoms with Gasteiger partial charge in [-0.2, -0.15) is 0 Å². The molecule has 0 bridgehead atoms. The number of nitrogens with zero attached hydrogens (tertiary/aromatic N) is 1. The van der Waals surface area contributed by atoms with Crippen LogP contribution >= 0.6 is 0 Å². The lowest BCUT2D eigenvalue weighted by Crippen LogP contribution is -2.17. The Labute approximate surface area is 125 Å². The summed E-state index contributed by atoms with van der Waals surface area (Å²) in [5, 5.41) is 2.39. The lowest BCUT2D eigenvalue weighted by molar-refractivity contribution is 0.272. The van der Waals surface area contributed by atoms with E-state index < -0.39 is 0 Å². The van der Waals surface area contributed by atoms with Crippen molar-refractivity contribution >= 4 is 16.7 Å². The van der Waals surface area contributed by atoms with Gasteiger partial charge >= 0.3 is 0 Å². The predicted octanol–water partition coefficient (Wildman–Crippen LogP) is 4.16. The normalized spacial score (nSPS) is 18.2. The summed E-state index contributed by atoms with van der Waals surface area (Å²) in [6, 6.07) is 12.6. The van der Waals surface area contributed by atoms with E-state index in [1.807, 2.05) is 6.07 Å². The van der Waals surface area contributed by atoms with Crippen LogP contribution in [0.25, 0.3) is 10.8 Å². The van der Waals surface area contributed by atoms with Crippen molar-refractivity contribution in [1.29, 1.82) is 0 Å². The number of hydrogen-bond donors (Lipinski definition) is 0. The number of hydrogen-bond acceptors (Lipinski definition) is 3. The van der Waals surface area contributed by atoms with E-state index in [-0.39, 0.29) is 11.5 Å². The Morgan fingerprint density at radius 2 is 1.86 bits per heavy atom. The molecule has 3 nitrogen and oxygen atoms in total. The van der Waals surface area contributed by atoms with Crippen molar-refractivity contribution in [3.05, 3.63) is 42.0 Å². The van der Waals surface area contributed by atoms with Crippen LogP contribution in [0.1, 0.15) is 32.3 Å². The fraction of sp³-hybridized carbons (Fsp3) is 0.389. The second-order valence-electron chi connectivity index (χ2n) is 6.25. The van der Waals surface area contributed by atoms with E-state index in [0.717, 1.165) is 11.6 Å². The summed E-state index contributed by atoms with van der Waals surface area (Å²) in [4.78, 5) is 4.68. The van der Waals surface area contributed by atoms with Gasteiger partial charge in [0.05, 0.1) is 18.6 Å². The molecule has 110 valence electrons. The highest BCUT2D eigenvalue weighted by atomic mass is 16.5. The second kappa shape index (κ2) is 5.06. The molecule has 1 aliphatic heterocycles.